The monoisotopic (exact) mass is 308 g/mol. The van der Waals surface area contributed by atoms with Crippen molar-refractivity contribution < 1.29 is 18.3 Å². The lowest BCUT2D eigenvalue weighted by atomic mass is 9.87. The van der Waals surface area contributed by atoms with Crippen molar-refractivity contribution in [2.75, 3.05) is 6.54 Å². The van der Waals surface area contributed by atoms with Crippen LogP contribution in [-0.2, 0) is 11.2 Å². The number of alkyl halides is 2. The molecule has 0 bridgehead atoms. The summed E-state index contributed by atoms with van der Waals surface area (Å²) in [4.78, 5) is 12.1. The highest BCUT2D eigenvalue weighted by molar-refractivity contribution is 5.85. The minimum atomic E-state index is -2.83. The van der Waals surface area contributed by atoms with E-state index in [1.807, 2.05) is 0 Å². The second-order valence-corrected chi connectivity index (χ2v) is 5.43. The van der Waals surface area contributed by atoms with Crippen molar-refractivity contribution in [1.29, 1.82) is 5.26 Å². The first-order valence-electron chi connectivity index (χ1n) is 7.29. The average Bonchev–Trinajstić information content (AvgIpc) is 2.98. The summed E-state index contributed by atoms with van der Waals surface area (Å²) in [5.74, 6) is -0.0951. The average molecular weight is 308 g/mol. The highest BCUT2D eigenvalue weighted by Gasteiger charge is 2.41. The third-order valence-electron chi connectivity index (χ3n) is 3.95. The molecule has 1 saturated carbocycles. The van der Waals surface area contributed by atoms with Gasteiger partial charge in [0.2, 0.25) is 5.91 Å². The van der Waals surface area contributed by atoms with Crippen molar-refractivity contribution in [3.63, 3.8) is 0 Å². The fraction of sp³-hybridized carbons (Fsp3) is 0.500. The van der Waals surface area contributed by atoms with E-state index in [4.69, 9.17) is 0 Å². The van der Waals surface area contributed by atoms with E-state index in [0.717, 1.165) is 18.4 Å². The quantitative estimate of drug-likeness (QED) is 0.878. The summed E-state index contributed by atoms with van der Waals surface area (Å²) in [6.07, 6.45) is 3.63. The van der Waals surface area contributed by atoms with Gasteiger partial charge in [0.1, 0.15) is 11.2 Å². The third-order valence-corrected chi connectivity index (χ3v) is 3.95. The van der Waals surface area contributed by atoms with Gasteiger partial charge in [0.05, 0.1) is 6.07 Å². The molecule has 0 atom stereocenters. The number of amides is 1. The Bertz CT molecular complexity index is 546. The largest absolute Gasteiger partial charge is 0.435 e. The summed E-state index contributed by atoms with van der Waals surface area (Å²) in [5, 5.41) is 12.0. The molecule has 1 aliphatic carbocycles. The van der Waals surface area contributed by atoms with Gasteiger partial charge in [0.15, 0.2) is 0 Å². The number of hydrogen-bond acceptors (Lipinski definition) is 3. The standard InChI is InChI=1S/C16H18F2N2O2/c17-15(18)22-13-5-3-12(4-6-13)7-10-20-14(21)16(11-19)8-1-2-9-16/h3-6,15H,1-2,7-10H2,(H,20,21). The third kappa shape index (κ3) is 3.94. The molecule has 1 fully saturated rings. The van der Waals surface area contributed by atoms with Crippen LogP contribution < -0.4 is 10.1 Å². The van der Waals surface area contributed by atoms with E-state index in [0.29, 0.717) is 25.8 Å². The zero-order valence-electron chi connectivity index (χ0n) is 12.1. The Morgan fingerprint density at radius 3 is 2.50 bits per heavy atom. The van der Waals surface area contributed by atoms with Crippen molar-refractivity contribution in [2.45, 2.75) is 38.7 Å². The summed E-state index contributed by atoms with van der Waals surface area (Å²) in [7, 11) is 0. The van der Waals surface area contributed by atoms with Crippen LogP contribution in [0.25, 0.3) is 0 Å². The highest BCUT2D eigenvalue weighted by Crippen LogP contribution is 2.37. The number of halogens is 2. The molecule has 0 saturated heterocycles. The van der Waals surface area contributed by atoms with Crippen LogP contribution >= 0.6 is 0 Å². The number of nitrogens with zero attached hydrogens (tertiary/aromatic N) is 1. The van der Waals surface area contributed by atoms with Gasteiger partial charge in [-0.3, -0.25) is 4.79 Å². The molecule has 4 nitrogen and oxygen atoms in total. The number of carbonyl (C=O) groups is 1. The maximum atomic E-state index is 12.1. The van der Waals surface area contributed by atoms with Crippen LogP contribution in [0.3, 0.4) is 0 Å². The summed E-state index contributed by atoms with van der Waals surface area (Å²) in [6.45, 7) is -2.42. The van der Waals surface area contributed by atoms with Crippen molar-refractivity contribution in [3.05, 3.63) is 29.8 Å². The molecule has 2 rings (SSSR count). The first kappa shape index (κ1) is 16.2. The van der Waals surface area contributed by atoms with Crippen LogP contribution in [0.4, 0.5) is 8.78 Å². The van der Waals surface area contributed by atoms with E-state index >= 15 is 0 Å². The second-order valence-electron chi connectivity index (χ2n) is 5.43. The summed E-state index contributed by atoms with van der Waals surface area (Å²) >= 11 is 0. The van der Waals surface area contributed by atoms with Gasteiger partial charge in [-0.15, -0.1) is 0 Å². The summed E-state index contributed by atoms with van der Waals surface area (Å²) in [6, 6.07) is 8.45. The van der Waals surface area contributed by atoms with E-state index in [1.165, 1.54) is 12.1 Å². The number of nitriles is 1. The van der Waals surface area contributed by atoms with E-state index < -0.39 is 12.0 Å². The molecule has 6 heteroatoms. The molecule has 1 amide bonds. The van der Waals surface area contributed by atoms with Crippen LogP contribution in [0.5, 0.6) is 5.75 Å². The molecule has 0 aromatic heterocycles. The second kappa shape index (κ2) is 7.21. The van der Waals surface area contributed by atoms with E-state index in [1.54, 1.807) is 12.1 Å². The Balaban J connectivity index is 1.81. The van der Waals surface area contributed by atoms with Gasteiger partial charge in [-0.2, -0.15) is 14.0 Å². The van der Waals surface area contributed by atoms with Gasteiger partial charge >= 0.3 is 6.61 Å². The molecule has 1 aromatic rings. The number of ether oxygens (including phenoxy) is 1. The first-order valence-corrected chi connectivity index (χ1v) is 7.29. The smallest absolute Gasteiger partial charge is 0.387 e. The van der Waals surface area contributed by atoms with Gasteiger partial charge in [-0.25, -0.2) is 0 Å². The lowest BCUT2D eigenvalue weighted by molar-refractivity contribution is -0.127. The number of benzene rings is 1. The minimum Gasteiger partial charge on any atom is -0.435 e. The maximum absolute atomic E-state index is 12.1. The van der Waals surface area contributed by atoms with Gasteiger partial charge in [0.25, 0.3) is 0 Å². The van der Waals surface area contributed by atoms with E-state index in [-0.39, 0.29) is 11.7 Å². The normalized spacial score (nSPS) is 16.3. The molecule has 1 aromatic carbocycles. The fourth-order valence-corrected chi connectivity index (χ4v) is 2.70. The van der Waals surface area contributed by atoms with Gasteiger partial charge < -0.3 is 10.1 Å². The predicted molar refractivity (Wildman–Crippen MR) is 76.3 cm³/mol. The molecule has 0 unspecified atom stereocenters. The van der Waals surface area contributed by atoms with Crippen LogP contribution in [-0.4, -0.2) is 19.1 Å². The van der Waals surface area contributed by atoms with Crippen molar-refractivity contribution >= 4 is 5.91 Å². The van der Waals surface area contributed by atoms with Crippen molar-refractivity contribution in [1.82, 2.24) is 5.32 Å². The zero-order chi connectivity index (χ0) is 16.0. The Kier molecular flexibility index (Phi) is 5.31. The first-order chi connectivity index (χ1) is 10.6. The lowest BCUT2D eigenvalue weighted by Crippen LogP contribution is -2.39. The van der Waals surface area contributed by atoms with Gasteiger partial charge in [-0.1, -0.05) is 25.0 Å². The molecule has 0 spiro atoms. The molecular weight excluding hydrogens is 290 g/mol. The molecule has 0 radical (unpaired) electrons. The molecule has 0 heterocycles. The summed E-state index contributed by atoms with van der Waals surface area (Å²) < 4.78 is 28.3. The molecule has 0 aliphatic heterocycles. The summed E-state index contributed by atoms with van der Waals surface area (Å²) in [5.41, 5.74) is 0.0361. The van der Waals surface area contributed by atoms with E-state index in [2.05, 4.69) is 16.1 Å². The van der Waals surface area contributed by atoms with Crippen LogP contribution in [0.2, 0.25) is 0 Å². The van der Waals surface area contributed by atoms with Crippen LogP contribution in [0, 0.1) is 16.7 Å². The number of nitrogens with one attached hydrogen (secondary N) is 1. The predicted octanol–water partition coefficient (Wildman–Crippen LogP) is 3.03. The fourth-order valence-electron chi connectivity index (χ4n) is 2.70. The molecular formula is C16H18F2N2O2. The Labute approximate surface area is 128 Å². The van der Waals surface area contributed by atoms with Crippen LogP contribution in [0.15, 0.2) is 24.3 Å². The van der Waals surface area contributed by atoms with Gasteiger partial charge in [0, 0.05) is 6.54 Å². The Morgan fingerprint density at radius 2 is 1.95 bits per heavy atom. The molecule has 22 heavy (non-hydrogen) atoms. The van der Waals surface area contributed by atoms with Crippen molar-refractivity contribution in [2.24, 2.45) is 5.41 Å². The Morgan fingerprint density at radius 1 is 1.32 bits per heavy atom. The highest BCUT2D eigenvalue weighted by atomic mass is 19.3. The molecule has 1 N–H and O–H groups in total. The van der Waals surface area contributed by atoms with E-state index in [9.17, 15) is 18.8 Å². The van der Waals surface area contributed by atoms with Crippen LogP contribution in [0.1, 0.15) is 31.2 Å². The number of carbonyl (C=O) groups excluding carboxylic acids is 1. The number of hydrogen-bond donors (Lipinski definition) is 1. The molecule has 118 valence electrons. The zero-order valence-corrected chi connectivity index (χ0v) is 12.1. The topological polar surface area (TPSA) is 62.1 Å². The van der Waals surface area contributed by atoms with Crippen molar-refractivity contribution in [3.8, 4) is 11.8 Å². The van der Waals surface area contributed by atoms with Gasteiger partial charge in [-0.05, 0) is 37.0 Å². The Hall–Kier alpha value is -2.16. The maximum Gasteiger partial charge on any atom is 0.387 e. The lowest BCUT2D eigenvalue weighted by Gasteiger charge is -2.19. The number of rotatable bonds is 6. The molecule has 1 aliphatic rings. The SMILES string of the molecule is N#CC1(C(=O)NCCc2ccc(OC(F)F)cc2)CCCC1. The minimum absolute atomic E-state index is 0.108.